The Bertz CT molecular complexity index is 1650. The number of urea groups is 1. The molecule has 0 bridgehead atoms. The first-order chi connectivity index (χ1) is 20.3. The van der Waals surface area contributed by atoms with Gasteiger partial charge in [0, 0.05) is 73.5 Å². The number of nitrogens with one attached hydrogen (secondary N) is 2. The molecule has 3 heterocycles. The van der Waals surface area contributed by atoms with Crippen LogP contribution in [-0.2, 0) is 6.54 Å². The molecule has 0 aliphatic carbocycles. The van der Waals surface area contributed by atoms with E-state index in [-0.39, 0.29) is 18.7 Å². The number of anilines is 1. The summed E-state index contributed by atoms with van der Waals surface area (Å²) in [4.78, 5) is 24.0. The van der Waals surface area contributed by atoms with Gasteiger partial charge in [-0.25, -0.2) is 9.78 Å². The highest BCUT2D eigenvalue weighted by Gasteiger charge is 2.19. The molecule has 3 aromatic heterocycles. The van der Waals surface area contributed by atoms with Gasteiger partial charge in [0.05, 0.1) is 6.61 Å². The number of benzene rings is 2. The number of likely N-dealkylation sites (N-methyl/N-ethyl adjacent to an activating group) is 1. The maximum atomic E-state index is 12.1. The molecule has 5 rings (SSSR count). The van der Waals surface area contributed by atoms with Crippen LogP contribution in [0.2, 0.25) is 0 Å². The molecule has 0 atom stereocenters. The maximum absolute atomic E-state index is 12.1. The van der Waals surface area contributed by atoms with Crippen LogP contribution >= 0.6 is 0 Å². The number of nitrogens with zero attached hydrogens (tertiary/aromatic N) is 5. The molecular weight excluding hydrogens is 526 g/mol. The van der Waals surface area contributed by atoms with E-state index in [1.54, 1.807) is 14.1 Å². The quantitative estimate of drug-likeness (QED) is 0.186. The van der Waals surface area contributed by atoms with Crippen LogP contribution in [-0.4, -0.2) is 74.5 Å². The summed E-state index contributed by atoms with van der Waals surface area (Å²) in [6.45, 7) is 8.87. The van der Waals surface area contributed by atoms with E-state index in [0.717, 1.165) is 63.5 Å². The largest absolute Gasteiger partial charge is 0.395 e. The first kappa shape index (κ1) is 29.0. The minimum atomic E-state index is -0.172. The zero-order chi connectivity index (χ0) is 29.8. The molecule has 2 amide bonds. The number of aromatic nitrogens is 4. The summed E-state index contributed by atoms with van der Waals surface area (Å²) in [5.41, 5.74) is 8.74. The highest BCUT2D eigenvalue weighted by molar-refractivity contribution is 5.99. The highest BCUT2D eigenvalue weighted by Crippen LogP contribution is 2.37. The molecule has 218 valence electrons. The number of rotatable bonds is 10. The van der Waals surface area contributed by atoms with Gasteiger partial charge in [0.15, 0.2) is 0 Å². The smallest absolute Gasteiger partial charge is 0.321 e. The van der Waals surface area contributed by atoms with Crippen LogP contribution in [0.15, 0.2) is 73.1 Å². The van der Waals surface area contributed by atoms with E-state index in [1.165, 1.54) is 10.5 Å². The van der Waals surface area contributed by atoms with Gasteiger partial charge < -0.3 is 20.3 Å². The van der Waals surface area contributed by atoms with Gasteiger partial charge in [-0.15, -0.1) is 0 Å². The van der Waals surface area contributed by atoms with Crippen molar-refractivity contribution in [3.63, 3.8) is 0 Å². The van der Waals surface area contributed by atoms with Crippen molar-refractivity contribution in [3.8, 4) is 33.6 Å². The molecule has 0 fully saturated rings. The second-order valence-corrected chi connectivity index (χ2v) is 11.0. The van der Waals surface area contributed by atoms with E-state index in [4.69, 9.17) is 5.10 Å². The lowest BCUT2D eigenvalue weighted by atomic mass is 9.99. The van der Waals surface area contributed by atoms with Crippen molar-refractivity contribution in [2.24, 2.45) is 0 Å². The highest BCUT2D eigenvalue weighted by atomic mass is 16.3. The number of aromatic amines is 1. The number of aliphatic hydroxyl groups is 1. The number of hydrogen-bond donors (Lipinski definition) is 3. The number of fused-ring (bicyclic) bond motifs is 1. The molecule has 2 aromatic carbocycles. The van der Waals surface area contributed by atoms with Crippen LogP contribution < -0.4 is 5.32 Å². The van der Waals surface area contributed by atoms with E-state index in [0.29, 0.717) is 6.54 Å². The lowest BCUT2D eigenvalue weighted by Crippen LogP contribution is -2.27. The van der Waals surface area contributed by atoms with E-state index in [1.807, 2.05) is 41.2 Å². The lowest BCUT2D eigenvalue weighted by molar-refractivity contribution is 0.197. The Morgan fingerprint density at radius 3 is 2.38 bits per heavy atom. The third-order valence-electron chi connectivity index (χ3n) is 7.43. The van der Waals surface area contributed by atoms with Crippen LogP contribution in [0.3, 0.4) is 0 Å². The standard InChI is InChI=1S/C33H39N7O2/c1-6-39(17-18-41)20-23-7-9-24(10-8-23)30-19-28-27(15-16-34-32(28)36-30)29-21-40(22(2)3)37-31(29)25-11-13-26(14-12-25)35-33(42)38(4)5/h7-16,19,21-22,41H,6,17-18,20H2,1-5H3,(H,34,36)(H,35,42). The number of carbonyl (C=O) groups is 1. The lowest BCUT2D eigenvalue weighted by Gasteiger charge is -2.19. The summed E-state index contributed by atoms with van der Waals surface area (Å²) in [6.07, 6.45) is 3.93. The number of hydrogen-bond acceptors (Lipinski definition) is 5. The summed E-state index contributed by atoms with van der Waals surface area (Å²) < 4.78 is 1.99. The normalized spacial score (nSPS) is 11.5. The van der Waals surface area contributed by atoms with Crippen molar-refractivity contribution in [2.45, 2.75) is 33.4 Å². The van der Waals surface area contributed by atoms with Crippen LogP contribution in [0.5, 0.6) is 0 Å². The number of aliphatic hydroxyl groups excluding tert-OH is 1. The Hall–Kier alpha value is -4.47. The zero-order valence-electron chi connectivity index (χ0n) is 24.9. The second-order valence-electron chi connectivity index (χ2n) is 11.0. The first-order valence-corrected chi connectivity index (χ1v) is 14.4. The van der Waals surface area contributed by atoms with Gasteiger partial charge in [-0.1, -0.05) is 43.3 Å². The zero-order valence-corrected chi connectivity index (χ0v) is 24.9. The fourth-order valence-corrected chi connectivity index (χ4v) is 4.97. The van der Waals surface area contributed by atoms with Crippen LogP contribution in [0, 0.1) is 0 Å². The molecule has 42 heavy (non-hydrogen) atoms. The fraction of sp³-hybridized carbons (Fsp3) is 0.303. The van der Waals surface area contributed by atoms with E-state index in [2.05, 4.69) is 77.5 Å². The Morgan fingerprint density at radius 2 is 1.74 bits per heavy atom. The maximum Gasteiger partial charge on any atom is 0.321 e. The molecule has 9 heteroatoms. The van der Waals surface area contributed by atoms with Crippen molar-refractivity contribution in [2.75, 3.05) is 39.1 Å². The molecule has 0 aliphatic heterocycles. The van der Waals surface area contributed by atoms with Crippen molar-refractivity contribution in [1.29, 1.82) is 0 Å². The van der Waals surface area contributed by atoms with Crippen molar-refractivity contribution in [1.82, 2.24) is 29.5 Å². The van der Waals surface area contributed by atoms with E-state index < -0.39 is 0 Å². The molecule has 0 radical (unpaired) electrons. The number of carbonyl (C=O) groups excluding carboxylic acids is 1. The third kappa shape index (κ3) is 6.22. The van der Waals surface area contributed by atoms with Crippen LogP contribution in [0.1, 0.15) is 32.4 Å². The SMILES string of the molecule is CCN(CCO)Cc1ccc(-c2cc3c(-c4cn(C(C)C)nc4-c4ccc(NC(=O)N(C)C)cc4)ccnc3[nH]2)cc1. The topological polar surface area (TPSA) is 102 Å². The molecule has 0 saturated heterocycles. The Morgan fingerprint density at radius 1 is 1.02 bits per heavy atom. The molecular formula is C33H39N7O2. The van der Waals surface area contributed by atoms with Crippen molar-refractivity contribution in [3.05, 3.63) is 78.6 Å². The first-order valence-electron chi connectivity index (χ1n) is 14.4. The van der Waals surface area contributed by atoms with Gasteiger partial charge in [0.1, 0.15) is 11.3 Å². The van der Waals surface area contributed by atoms with E-state index in [9.17, 15) is 9.90 Å². The molecule has 0 saturated carbocycles. The number of H-pyrrole nitrogens is 1. The van der Waals surface area contributed by atoms with Crippen molar-refractivity contribution < 1.29 is 9.90 Å². The number of pyridine rings is 1. The van der Waals surface area contributed by atoms with Gasteiger partial charge in [-0.05, 0) is 61.3 Å². The second kappa shape index (κ2) is 12.6. The summed E-state index contributed by atoms with van der Waals surface area (Å²) >= 11 is 0. The molecule has 9 nitrogen and oxygen atoms in total. The fourth-order valence-electron chi connectivity index (χ4n) is 4.97. The predicted molar refractivity (Wildman–Crippen MR) is 169 cm³/mol. The third-order valence-corrected chi connectivity index (χ3v) is 7.43. The molecule has 5 aromatic rings. The van der Waals surface area contributed by atoms with Crippen LogP contribution in [0.25, 0.3) is 44.7 Å². The van der Waals surface area contributed by atoms with Gasteiger partial charge in [0.25, 0.3) is 0 Å². The summed E-state index contributed by atoms with van der Waals surface area (Å²) in [7, 11) is 3.43. The van der Waals surface area contributed by atoms with Crippen molar-refractivity contribution >= 4 is 22.8 Å². The van der Waals surface area contributed by atoms with Crippen LogP contribution in [0.4, 0.5) is 10.5 Å². The van der Waals surface area contributed by atoms with E-state index >= 15 is 0 Å². The van der Waals surface area contributed by atoms with Gasteiger partial charge >= 0.3 is 6.03 Å². The minimum absolute atomic E-state index is 0.161. The summed E-state index contributed by atoms with van der Waals surface area (Å²) in [5, 5.41) is 18.2. The predicted octanol–water partition coefficient (Wildman–Crippen LogP) is 6.25. The Labute approximate surface area is 246 Å². The molecule has 0 aliphatic rings. The average molecular weight is 566 g/mol. The molecule has 3 N–H and O–H groups in total. The Balaban J connectivity index is 1.49. The molecule has 0 spiro atoms. The summed E-state index contributed by atoms with van der Waals surface area (Å²) in [5.74, 6) is 0. The molecule has 0 unspecified atom stereocenters. The Kier molecular flexibility index (Phi) is 8.70. The van der Waals surface area contributed by atoms with Gasteiger partial charge in [-0.3, -0.25) is 9.58 Å². The summed E-state index contributed by atoms with van der Waals surface area (Å²) in [6, 6.07) is 20.6. The number of amides is 2. The van der Waals surface area contributed by atoms with Gasteiger partial charge in [-0.2, -0.15) is 5.10 Å². The van der Waals surface area contributed by atoms with Gasteiger partial charge in [0.2, 0.25) is 0 Å². The minimum Gasteiger partial charge on any atom is -0.395 e. The monoisotopic (exact) mass is 565 g/mol. The average Bonchev–Trinajstić information content (AvgIpc) is 3.63.